The molecule has 0 aromatic heterocycles. The monoisotopic (exact) mass is 240 g/mol. The van der Waals surface area contributed by atoms with Gasteiger partial charge in [0.1, 0.15) is 9.84 Å². The minimum absolute atomic E-state index is 0.150. The SMILES string of the molecule is CCCC(Cl)CCCS(=O)(=O)CCC. The second kappa shape index (κ2) is 7.52. The summed E-state index contributed by atoms with van der Waals surface area (Å²) in [6.07, 6.45) is 4.28. The highest BCUT2D eigenvalue weighted by Crippen LogP contribution is 2.12. The molecule has 0 aliphatic carbocycles. The number of rotatable bonds is 8. The lowest BCUT2D eigenvalue weighted by Gasteiger charge is -2.07. The molecule has 1 unspecified atom stereocenters. The first kappa shape index (κ1) is 14.2. The van der Waals surface area contributed by atoms with Crippen LogP contribution in [0, 0.1) is 0 Å². The van der Waals surface area contributed by atoms with Crippen LogP contribution in [0.3, 0.4) is 0 Å². The quantitative estimate of drug-likeness (QED) is 0.612. The number of hydrogen-bond acceptors (Lipinski definition) is 2. The smallest absolute Gasteiger partial charge is 0.150 e. The van der Waals surface area contributed by atoms with Crippen molar-refractivity contribution >= 4 is 21.4 Å². The molecule has 0 spiro atoms. The molecule has 0 amide bonds. The highest BCUT2D eigenvalue weighted by Gasteiger charge is 2.10. The van der Waals surface area contributed by atoms with E-state index in [1.54, 1.807) is 0 Å². The van der Waals surface area contributed by atoms with E-state index in [9.17, 15) is 8.42 Å². The Balaban J connectivity index is 3.63. The van der Waals surface area contributed by atoms with E-state index in [2.05, 4.69) is 6.92 Å². The predicted octanol–water partition coefficient (Wildman–Crippen LogP) is 3.00. The Morgan fingerprint density at radius 3 is 2.21 bits per heavy atom. The van der Waals surface area contributed by atoms with Crippen molar-refractivity contribution in [2.75, 3.05) is 11.5 Å². The first-order chi connectivity index (χ1) is 6.52. The van der Waals surface area contributed by atoms with E-state index < -0.39 is 9.84 Å². The zero-order chi connectivity index (χ0) is 11.0. The highest BCUT2D eigenvalue weighted by atomic mass is 35.5. The van der Waals surface area contributed by atoms with E-state index in [1.807, 2.05) is 6.92 Å². The first-order valence-electron chi connectivity index (χ1n) is 5.36. The van der Waals surface area contributed by atoms with Gasteiger partial charge in [-0.1, -0.05) is 20.3 Å². The molecule has 0 aromatic carbocycles. The third-order valence-electron chi connectivity index (χ3n) is 2.09. The summed E-state index contributed by atoms with van der Waals surface area (Å²) in [5, 5.41) is 0.150. The third-order valence-corrected chi connectivity index (χ3v) is 4.47. The number of sulfone groups is 1. The van der Waals surface area contributed by atoms with Crippen molar-refractivity contribution in [1.82, 2.24) is 0 Å². The molecule has 1 atom stereocenters. The van der Waals surface area contributed by atoms with Crippen molar-refractivity contribution in [2.45, 2.75) is 51.3 Å². The molecule has 0 radical (unpaired) electrons. The summed E-state index contributed by atoms with van der Waals surface area (Å²) >= 11 is 5.99. The largest absolute Gasteiger partial charge is 0.229 e. The molecule has 0 aliphatic rings. The average molecular weight is 241 g/mol. The maximum absolute atomic E-state index is 11.3. The Morgan fingerprint density at radius 2 is 1.71 bits per heavy atom. The minimum atomic E-state index is -2.80. The van der Waals surface area contributed by atoms with Gasteiger partial charge in [0.2, 0.25) is 0 Å². The molecule has 14 heavy (non-hydrogen) atoms. The molecule has 0 aromatic rings. The maximum atomic E-state index is 11.3. The van der Waals surface area contributed by atoms with Crippen LogP contribution in [-0.4, -0.2) is 25.3 Å². The molecule has 4 heteroatoms. The Bertz CT molecular complexity index is 224. The van der Waals surface area contributed by atoms with E-state index >= 15 is 0 Å². The molecule has 0 fully saturated rings. The molecule has 0 aliphatic heterocycles. The fourth-order valence-electron chi connectivity index (χ4n) is 1.40. The van der Waals surface area contributed by atoms with Gasteiger partial charge in [-0.25, -0.2) is 8.42 Å². The molecule has 0 heterocycles. The summed E-state index contributed by atoms with van der Waals surface area (Å²) < 4.78 is 22.7. The number of hydrogen-bond donors (Lipinski definition) is 0. The fraction of sp³-hybridized carbons (Fsp3) is 1.00. The molecule has 0 N–H and O–H groups in total. The van der Waals surface area contributed by atoms with Crippen LogP contribution in [-0.2, 0) is 9.84 Å². The summed E-state index contributed by atoms with van der Waals surface area (Å²) in [4.78, 5) is 0. The lowest BCUT2D eigenvalue weighted by molar-refractivity contribution is 0.586. The molecule has 0 rings (SSSR count). The van der Waals surface area contributed by atoms with Crippen LogP contribution in [0.5, 0.6) is 0 Å². The van der Waals surface area contributed by atoms with E-state index in [0.29, 0.717) is 24.3 Å². The molecule has 0 bridgehead atoms. The van der Waals surface area contributed by atoms with Gasteiger partial charge in [0.05, 0.1) is 5.75 Å². The van der Waals surface area contributed by atoms with Crippen LogP contribution < -0.4 is 0 Å². The molecule has 0 saturated heterocycles. The van der Waals surface area contributed by atoms with E-state index in [1.165, 1.54) is 0 Å². The molecule has 86 valence electrons. The summed E-state index contributed by atoms with van der Waals surface area (Å²) in [6, 6.07) is 0. The zero-order valence-corrected chi connectivity index (χ0v) is 10.7. The van der Waals surface area contributed by atoms with E-state index in [0.717, 1.165) is 19.3 Å². The van der Waals surface area contributed by atoms with Gasteiger partial charge in [0.25, 0.3) is 0 Å². The van der Waals surface area contributed by atoms with Crippen LogP contribution in [0.1, 0.15) is 46.0 Å². The maximum Gasteiger partial charge on any atom is 0.150 e. The number of halogens is 1. The predicted molar refractivity (Wildman–Crippen MR) is 62.7 cm³/mol. The van der Waals surface area contributed by atoms with Crippen molar-refractivity contribution < 1.29 is 8.42 Å². The van der Waals surface area contributed by atoms with Crippen LogP contribution in [0.25, 0.3) is 0 Å². The zero-order valence-electron chi connectivity index (χ0n) is 9.13. The van der Waals surface area contributed by atoms with Crippen LogP contribution in [0.15, 0.2) is 0 Å². The van der Waals surface area contributed by atoms with Gasteiger partial charge in [-0.2, -0.15) is 0 Å². The van der Waals surface area contributed by atoms with Crippen LogP contribution >= 0.6 is 11.6 Å². The average Bonchev–Trinajstić information content (AvgIpc) is 2.03. The van der Waals surface area contributed by atoms with Gasteiger partial charge in [0.15, 0.2) is 0 Å². The van der Waals surface area contributed by atoms with E-state index in [4.69, 9.17) is 11.6 Å². The summed E-state index contributed by atoms with van der Waals surface area (Å²) in [7, 11) is -2.80. The molecule has 0 saturated carbocycles. The minimum Gasteiger partial charge on any atom is -0.229 e. The Hall–Kier alpha value is 0.240. The van der Waals surface area contributed by atoms with Gasteiger partial charge in [-0.05, 0) is 25.7 Å². The topological polar surface area (TPSA) is 34.1 Å². The van der Waals surface area contributed by atoms with Gasteiger partial charge in [-0.3, -0.25) is 0 Å². The fourth-order valence-corrected chi connectivity index (χ4v) is 3.20. The van der Waals surface area contributed by atoms with Crippen molar-refractivity contribution in [3.63, 3.8) is 0 Å². The van der Waals surface area contributed by atoms with Crippen molar-refractivity contribution in [1.29, 1.82) is 0 Å². The Kier molecular flexibility index (Phi) is 7.65. The Labute approximate surface area is 93.0 Å². The molecular formula is C10H21ClO2S. The summed E-state index contributed by atoms with van der Waals surface area (Å²) in [5.74, 6) is 0.613. The second-order valence-corrected chi connectivity index (χ2v) is 6.60. The van der Waals surface area contributed by atoms with E-state index in [-0.39, 0.29) is 5.38 Å². The Morgan fingerprint density at radius 1 is 1.07 bits per heavy atom. The van der Waals surface area contributed by atoms with Gasteiger partial charge in [0, 0.05) is 11.1 Å². The van der Waals surface area contributed by atoms with Gasteiger partial charge < -0.3 is 0 Å². The highest BCUT2D eigenvalue weighted by molar-refractivity contribution is 7.91. The summed E-state index contributed by atoms with van der Waals surface area (Å²) in [6.45, 7) is 3.97. The van der Waals surface area contributed by atoms with Crippen LogP contribution in [0.2, 0.25) is 0 Å². The second-order valence-electron chi connectivity index (χ2n) is 3.68. The van der Waals surface area contributed by atoms with Gasteiger partial charge in [-0.15, -0.1) is 11.6 Å². The molecule has 2 nitrogen and oxygen atoms in total. The van der Waals surface area contributed by atoms with Gasteiger partial charge >= 0.3 is 0 Å². The van der Waals surface area contributed by atoms with Crippen molar-refractivity contribution in [2.24, 2.45) is 0 Å². The molecular weight excluding hydrogens is 220 g/mol. The van der Waals surface area contributed by atoms with Crippen molar-refractivity contribution in [3.8, 4) is 0 Å². The third kappa shape index (κ3) is 7.63. The number of alkyl halides is 1. The lowest BCUT2D eigenvalue weighted by Crippen LogP contribution is -2.11. The normalized spacial score (nSPS) is 14.2. The van der Waals surface area contributed by atoms with Crippen LogP contribution in [0.4, 0.5) is 0 Å². The van der Waals surface area contributed by atoms with Crippen molar-refractivity contribution in [3.05, 3.63) is 0 Å². The first-order valence-corrected chi connectivity index (χ1v) is 7.62. The lowest BCUT2D eigenvalue weighted by atomic mass is 10.2. The standard InChI is InChI=1S/C10H21ClO2S/c1-3-6-10(11)7-5-9-14(12,13)8-4-2/h10H,3-9H2,1-2H3. The summed E-state index contributed by atoms with van der Waals surface area (Å²) in [5.41, 5.74) is 0.